The highest BCUT2D eigenvalue weighted by molar-refractivity contribution is 7.90. The van der Waals surface area contributed by atoms with Crippen LogP contribution in [0.25, 0.3) is 0 Å². The Morgan fingerprint density at radius 3 is 2.55 bits per heavy atom. The van der Waals surface area contributed by atoms with Crippen LogP contribution in [-0.4, -0.2) is 30.5 Å². The van der Waals surface area contributed by atoms with E-state index in [2.05, 4.69) is 15.3 Å². The van der Waals surface area contributed by atoms with Crippen molar-refractivity contribution in [3.05, 3.63) is 47.4 Å². The maximum absolute atomic E-state index is 11.9. The van der Waals surface area contributed by atoms with Crippen LogP contribution in [0, 0.1) is 0 Å². The number of amides is 1. The van der Waals surface area contributed by atoms with Crippen LogP contribution >= 0.6 is 11.6 Å². The lowest BCUT2D eigenvalue weighted by atomic mass is 10.2. The molecule has 2 rings (SSSR count). The van der Waals surface area contributed by atoms with Gasteiger partial charge in [0.15, 0.2) is 14.9 Å². The fourth-order valence-corrected chi connectivity index (χ4v) is 2.19. The number of carbonyl (C=O) groups excluding carboxylic acids is 1. The predicted molar refractivity (Wildman–Crippen MR) is 74.5 cm³/mol. The zero-order valence-corrected chi connectivity index (χ0v) is 11.9. The molecule has 1 amide bonds. The molecule has 0 aromatic carbocycles. The minimum absolute atomic E-state index is 0.0603. The second-order valence-corrected chi connectivity index (χ2v) is 6.27. The van der Waals surface area contributed by atoms with Gasteiger partial charge in [-0.1, -0.05) is 11.6 Å². The van der Waals surface area contributed by atoms with Gasteiger partial charge in [0, 0.05) is 12.5 Å². The highest BCUT2D eigenvalue weighted by atomic mass is 35.5. The van der Waals surface area contributed by atoms with E-state index >= 15 is 0 Å². The van der Waals surface area contributed by atoms with E-state index < -0.39 is 15.7 Å². The molecule has 0 spiro atoms. The van der Waals surface area contributed by atoms with Crippen molar-refractivity contribution < 1.29 is 13.2 Å². The van der Waals surface area contributed by atoms with Gasteiger partial charge >= 0.3 is 0 Å². The van der Waals surface area contributed by atoms with Crippen molar-refractivity contribution in [3.8, 4) is 0 Å². The SMILES string of the molecule is CS(=O)(=O)c1ccc(NC(=O)c2cccnc2Cl)cn1. The van der Waals surface area contributed by atoms with Gasteiger partial charge < -0.3 is 5.32 Å². The normalized spacial score (nSPS) is 11.1. The van der Waals surface area contributed by atoms with Crippen molar-refractivity contribution in [1.82, 2.24) is 9.97 Å². The van der Waals surface area contributed by atoms with Crippen LogP contribution in [0.1, 0.15) is 10.4 Å². The van der Waals surface area contributed by atoms with E-state index in [0.717, 1.165) is 6.26 Å². The average molecular weight is 312 g/mol. The Morgan fingerprint density at radius 1 is 1.25 bits per heavy atom. The number of halogens is 1. The summed E-state index contributed by atoms with van der Waals surface area (Å²) in [6.45, 7) is 0. The molecular weight excluding hydrogens is 302 g/mol. The first-order valence-electron chi connectivity index (χ1n) is 5.46. The molecule has 20 heavy (non-hydrogen) atoms. The quantitative estimate of drug-likeness (QED) is 0.873. The van der Waals surface area contributed by atoms with E-state index in [-0.39, 0.29) is 15.7 Å². The molecule has 2 heterocycles. The van der Waals surface area contributed by atoms with Gasteiger partial charge in [-0.2, -0.15) is 0 Å². The van der Waals surface area contributed by atoms with E-state index in [4.69, 9.17) is 11.6 Å². The fraction of sp³-hybridized carbons (Fsp3) is 0.0833. The Kier molecular flexibility index (Phi) is 4.01. The summed E-state index contributed by atoms with van der Waals surface area (Å²) in [5.74, 6) is -0.447. The molecule has 1 N–H and O–H groups in total. The zero-order chi connectivity index (χ0) is 14.8. The lowest BCUT2D eigenvalue weighted by Crippen LogP contribution is -2.13. The standard InChI is InChI=1S/C12H10ClN3O3S/c1-20(18,19)10-5-4-8(7-15-10)16-12(17)9-3-2-6-14-11(9)13/h2-7H,1H3,(H,16,17). The summed E-state index contributed by atoms with van der Waals surface area (Å²) in [6.07, 6.45) is 3.79. The van der Waals surface area contributed by atoms with E-state index in [1.807, 2.05) is 0 Å². The highest BCUT2D eigenvalue weighted by Crippen LogP contribution is 2.15. The van der Waals surface area contributed by atoms with Crippen LogP contribution in [0.3, 0.4) is 0 Å². The minimum atomic E-state index is -3.36. The molecule has 0 fully saturated rings. The summed E-state index contributed by atoms with van der Waals surface area (Å²) in [7, 11) is -3.36. The van der Waals surface area contributed by atoms with Crippen molar-refractivity contribution in [2.24, 2.45) is 0 Å². The summed E-state index contributed by atoms with van der Waals surface area (Å²) >= 11 is 5.80. The maximum atomic E-state index is 11.9. The molecule has 6 nitrogen and oxygen atoms in total. The molecule has 104 valence electrons. The lowest BCUT2D eigenvalue weighted by Gasteiger charge is -2.06. The number of anilines is 1. The van der Waals surface area contributed by atoms with E-state index in [1.54, 1.807) is 6.07 Å². The van der Waals surface area contributed by atoms with Crippen molar-refractivity contribution in [1.29, 1.82) is 0 Å². The number of sulfone groups is 1. The van der Waals surface area contributed by atoms with Crippen molar-refractivity contribution in [2.45, 2.75) is 5.03 Å². The second-order valence-electron chi connectivity index (χ2n) is 3.95. The van der Waals surface area contributed by atoms with Crippen molar-refractivity contribution in [3.63, 3.8) is 0 Å². The largest absolute Gasteiger partial charge is 0.320 e. The van der Waals surface area contributed by atoms with Gasteiger partial charge in [-0.15, -0.1) is 0 Å². The molecule has 0 bridgehead atoms. The predicted octanol–water partition coefficient (Wildman–Crippen LogP) is 1.79. The average Bonchev–Trinajstić information content (AvgIpc) is 2.38. The van der Waals surface area contributed by atoms with Crippen molar-refractivity contribution >= 4 is 33.0 Å². The molecule has 8 heteroatoms. The van der Waals surface area contributed by atoms with Crippen molar-refractivity contribution in [2.75, 3.05) is 11.6 Å². The number of rotatable bonds is 3. The Labute approximate surface area is 120 Å². The summed E-state index contributed by atoms with van der Waals surface area (Å²) in [6, 6.07) is 5.89. The third kappa shape index (κ3) is 3.31. The van der Waals surface area contributed by atoms with Crippen LogP contribution in [0.4, 0.5) is 5.69 Å². The summed E-state index contributed by atoms with van der Waals surface area (Å²) in [5.41, 5.74) is 0.587. The number of pyridine rings is 2. The molecule has 0 aliphatic heterocycles. The molecule has 0 unspecified atom stereocenters. The summed E-state index contributed by atoms with van der Waals surface area (Å²) in [4.78, 5) is 19.5. The molecule has 0 aliphatic rings. The lowest BCUT2D eigenvalue weighted by molar-refractivity contribution is 0.102. The maximum Gasteiger partial charge on any atom is 0.258 e. The second kappa shape index (κ2) is 5.56. The monoisotopic (exact) mass is 311 g/mol. The van der Waals surface area contributed by atoms with Gasteiger partial charge in [-0.05, 0) is 24.3 Å². The van der Waals surface area contributed by atoms with E-state index in [1.165, 1.54) is 30.6 Å². The summed E-state index contributed by atoms with van der Waals surface area (Å²) < 4.78 is 22.5. The topological polar surface area (TPSA) is 89.0 Å². The third-order valence-electron chi connectivity index (χ3n) is 2.38. The van der Waals surface area contributed by atoms with Gasteiger partial charge in [0.1, 0.15) is 5.15 Å². The molecule has 0 saturated heterocycles. The van der Waals surface area contributed by atoms with Gasteiger partial charge in [0.05, 0.1) is 17.4 Å². The molecule has 0 atom stereocenters. The molecule has 0 aliphatic carbocycles. The summed E-state index contributed by atoms with van der Waals surface area (Å²) in [5, 5.41) is 2.59. The molecule has 0 saturated carbocycles. The first kappa shape index (κ1) is 14.4. The smallest absolute Gasteiger partial charge is 0.258 e. The van der Waals surface area contributed by atoms with Gasteiger partial charge in [0.25, 0.3) is 5.91 Å². The van der Waals surface area contributed by atoms with Gasteiger partial charge in [-0.3, -0.25) is 4.79 Å². The third-order valence-corrected chi connectivity index (χ3v) is 3.68. The van der Waals surface area contributed by atoms with Crippen LogP contribution in [-0.2, 0) is 9.84 Å². The number of hydrogen-bond donors (Lipinski definition) is 1. The molecule has 2 aromatic rings. The van der Waals surface area contributed by atoms with Crippen LogP contribution in [0.5, 0.6) is 0 Å². The van der Waals surface area contributed by atoms with E-state index in [9.17, 15) is 13.2 Å². The number of nitrogens with zero attached hydrogens (tertiary/aromatic N) is 2. The Bertz CT molecular complexity index is 745. The number of nitrogens with one attached hydrogen (secondary N) is 1. The Balaban J connectivity index is 2.19. The zero-order valence-electron chi connectivity index (χ0n) is 10.4. The molecular formula is C12H10ClN3O3S. The number of carbonyl (C=O) groups is 1. The van der Waals surface area contributed by atoms with Crippen LogP contribution in [0.15, 0.2) is 41.7 Å². The number of hydrogen-bond acceptors (Lipinski definition) is 5. The van der Waals surface area contributed by atoms with Gasteiger partial charge in [-0.25, -0.2) is 18.4 Å². The Morgan fingerprint density at radius 2 is 2.00 bits per heavy atom. The van der Waals surface area contributed by atoms with E-state index in [0.29, 0.717) is 5.69 Å². The highest BCUT2D eigenvalue weighted by Gasteiger charge is 2.12. The molecule has 2 aromatic heterocycles. The van der Waals surface area contributed by atoms with Crippen LogP contribution < -0.4 is 5.32 Å². The van der Waals surface area contributed by atoms with Crippen LogP contribution in [0.2, 0.25) is 5.15 Å². The Hall–Kier alpha value is -1.99. The first-order valence-corrected chi connectivity index (χ1v) is 7.73. The minimum Gasteiger partial charge on any atom is -0.320 e. The first-order chi connectivity index (χ1) is 9.38. The van der Waals surface area contributed by atoms with Gasteiger partial charge in [0.2, 0.25) is 0 Å². The fourth-order valence-electron chi connectivity index (χ4n) is 1.43. The molecule has 0 radical (unpaired) electrons. The number of aromatic nitrogens is 2.